The van der Waals surface area contributed by atoms with Gasteiger partial charge in [-0.05, 0) is 62.1 Å². The first-order valence-electron chi connectivity index (χ1n) is 7.59. The van der Waals surface area contributed by atoms with Crippen LogP contribution in [-0.4, -0.2) is 11.4 Å². The van der Waals surface area contributed by atoms with E-state index < -0.39 is 0 Å². The Bertz CT molecular complexity index is 706. The van der Waals surface area contributed by atoms with Gasteiger partial charge in [-0.2, -0.15) is 0 Å². The van der Waals surface area contributed by atoms with E-state index in [2.05, 4.69) is 26.8 Å². The fourth-order valence-electron chi connectivity index (χ4n) is 3.49. The highest BCUT2D eigenvalue weighted by molar-refractivity contribution is 6.30. The first-order chi connectivity index (χ1) is 10.4. The molecule has 2 aromatic rings. The lowest BCUT2D eigenvalue weighted by Crippen LogP contribution is -2.51. The predicted molar refractivity (Wildman–Crippen MR) is 91.8 cm³/mol. The van der Waals surface area contributed by atoms with Gasteiger partial charge in [-0.3, -0.25) is 4.79 Å². The van der Waals surface area contributed by atoms with E-state index in [-0.39, 0.29) is 11.4 Å². The van der Waals surface area contributed by atoms with Crippen molar-refractivity contribution >= 4 is 23.2 Å². The molecule has 1 aliphatic heterocycles. The van der Waals surface area contributed by atoms with Crippen LogP contribution in [-0.2, 0) is 0 Å². The van der Waals surface area contributed by atoms with Gasteiger partial charge in [0.2, 0.25) is 0 Å². The second kappa shape index (κ2) is 5.44. The molecule has 1 atom stereocenters. The minimum absolute atomic E-state index is 0.0287. The van der Waals surface area contributed by atoms with Gasteiger partial charge in [0.1, 0.15) is 0 Å². The first-order valence-corrected chi connectivity index (χ1v) is 7.97. The molecule has 0 bridgehead atoms. The third kappa shape index (κ3) is 2.52. The number of amides is 1. The van der Waals surface area contributed by atoms with Gasteiger partial charge < -0.3 is 4.90 Å². The molecule has 0 N–H and O–H groups in total. The first kappa shape index (κ1) is 15.1. The van der Waals surface area contributed by atoms with Crippen LogP contribution in [0, 0.1) is 0 Å². The maximum absolute atomic E-state index is 13.1. The quantitative estimate of drug-likeness (QED) is 0.702. The van der Waals surface area contributed by atoms with Crippen molar-refractivity contribution in [3.63, 3.8) is 0 Å². The maximum atomic E-state index is 13.1. The molecular weight excluding hydrogens is 294 g/mol. The third-order valence-electron chi connectivity index (χ3n) is 4.41. The number of benzene rings is 2. The summed E-state index contributed by atoms with van der Waals surface area (Å²) in [5.41, 5.74) is 2.71. The molecule has 0 radical (unpaired) electrons. The third-order valence-corrected chi connectivity index (χ3v) is 4.67. The number of hydrogen-bond acceptors (Lipinski definition) is 1. The Morgan fingerprint density at radius 2 is 1.77 bits per heavy atom. The number of hydrogen-bond donors (Lipinski definition) is 0. The van der Waals surface area contributed by atoms with Gasteiger partial charge in [0.05, 0.1) is 0 Å². The summed E-state index contributed by atoms with van der Waals surface area (Å²) in [6.45, 7) is 6.49. The number of rotatable bonds is 1. The topological polar surface area (TPSA) is 20.3 Å². The molecule has 1 unspecified atom stereocenters. The second-order valence-corrected chi connectivity index (χ2v) is 7.06. The van der Waals surface area contributed by atoms with Crippen molar-refractivity contribution in [2.24, 2.45) is 0 Å². The van der Waals surface area contributed by atoms with Crippen LogP contribution in [0.1, 0.15) is 49.0 Å². The Balaban J connectivity index is 2.09. The number of fused-ring (bicyclic) bond motifs is 1. The van der Waals surface area contributed by atoms with E-state index in [1.165, 1.54) is 5.56 Å². The Labute approximate surface area is 136 Å². The van der Waals surface area contributed by atoms with E-state index in [0.717, 1.165) is 12.1 Å². The van der Waals surface area contributed by atoms with Gasteiger partial charge in [-0.1, -0.05) is 36.7 Å². The molecule has 1 amide bonds. The molecule has 0 spiro atoms. The van der Waals surface area contributed by atoms with Crippen molar-refractivity contribution in [2.45, 2.75) is 38.6 Å². The lowest BCUT2D eigenvalue weighted by molar-refractivity contribution is 0.0954. The van der Waals surface area contributed by atoms with Gasteiger partial charge >= 0.3 is 0 Å². The fraction of sp³-hybridized carbons (Fsp3) is 0.316. The van der Waals surface area contributed by atoms with Crippen LogP contribution in [0.25, 0.3) is 0 Å². The van der Waals surface area contributed by atoms with Gasteiger partial charge in [-0.15, -0.1) is 0 Å². The van der Waals surface area contributed by atoms with Gasteiger partial charge in [-0.25, -0.2) is 0 Å². The van der Waals surface area contributed by atoms with E-state index in [1.54, 1.807) is 24.3 Å². The predicted octanol–water partition coefficient (Wildman–Crippen LogP) is 5.27. The Morgan fingerprint density at radius 1 is 1.14 bits per heavy atom. The maximum Gasteiger partial charge on any atom is 0.258 e. The minimum Gasteiger partial charge on any atom is -0.303 e. The summed E-state index contributed by atoms with van der Waals surface area (Å²) < 4.78 is 0. The average molecular weight is 314 g/mol. The minimum atomic E-state index is -0.218. The van der Waals surface area contributed by atoms with Gasteiger partial charge in [0.15, 0.2) is 0 Å². The summed E-state index contributed by atoms with van der Waals surface area (Å²) >= 11 is 5.93. The average Bonchev–Trinajstić information content (AvgIpc) is 2.47. The highest BCUT2D eigenvalue weighted by Crippen LogP contribution is 2.43. The highest BCUT2D eigenvalue weighted by atomic mass is 35.5. The molecule has 1 aliphatic rings. The molecule has 0 saturated carbocycles. The van der Waals surface area contributed by atoms with E-state index in [0.29, 0.717) is 16.5 Å². The molecular formula is C19H20ClNO. The molecule has 22 heavy (non-hydrogen) atoms. The molecule has 2 nitrogen and oxygen atoms in total. The number of anilines is 1. The summed E-state index contributed by atoms with van der Waals surface area (Å²) in [4.78, 5) is 15.0. The van der Waals surface area contributed by atoms with Crippen LogP contribution in [0.2, 0.25) is 5.02 Å². The normalized spacial score (nSPS) is 19.6. The van der Waals surface area contributed by atoms with E-state index in [1.807, 2.05) is 23.1 Å². The summed E-state index contributed by atoms with van der Waals surface area (Å²) in [7, 11) is 0. The smallest absolute Gasteiger partial charge is 0.258 e. The van der Waals surface area contributed by atoms with E-state index in [9.17, 15) is 4.79 Å². The molecule has 0 aliphatic carbocycles. The molecule has 114 valence electrons. The summed E-state index contributed by atoms with van der Waals surface area (Å²) in [5, 5.41) is 0.642. The zero-order chi connectivity index (χ0) is 15.9. The molecule has 0 aromatic heterocycles. The molecule has 0 saturated heterocycles. The zero-order valence-electron chi connectivity index (χ0n) is 13.1. The zero-order valence-corrected chi connectivity index (χ0v) is 13.9. The summed E-state index contributed by atoms with van der Waals surface area (Å²) in [6.07, 6.45) is 0.948. The van der Waals surface area contributed by atoms with Crippen molar-refractivity contribution in [2.75, 3.05) is 4.90 Å². The van der Waals surface area contributed by atoms with Gasteiger partial charge in [0.25, 0.3) is 5.91 Å². The Kier molecular flexibility index (Phi) is 3.73. The molecule has 1 heterocycles. The molecule has 2 aromatic carbocycles. The lowest BCUT2D eigenvalue weighted by atomic mass is 9.80. The highest BCUT2D eigenvalue weighted by Gasteiger charge is 2.39. The van der Waals surface area contributed by atoms with Crippen LogP contribution in [0.5, 0.6) is 0 Å². The fourth-order valence-corrected chi connectivity index (χ4v) is 3.62. The van der Waals surface area contributed by atoms with E-state index in [4.69, 9.17) is 11.6 Å². The van der Waals surface area contributed by atoms with Crippen molar-refractivity contribution in [1.29, 1.82) is 0 Å². The summed E-state index contributed by atoms with van der Waals surface area (Å²) in [6, 6.07) is 15.3. The van der Waals surface area contributed by atoms with Crippen LogP contribution < -0.4 is 4.90 Å². The van der Waals surface area contributed by atoms with Crippen LogP contribution in [0.15, 0.2) is 48.5 Å². The summed E-state index contributed by atoms with van der Waals surface area (Å²) in [5.74, 6) is 0.474. The van der Waals surface area contributed by atoms with Crippen molar-refractivity contribution in [3.8, 4) is 0 Å². The SMILES string of the molecule is CC1CC(C)(C)N(C(=O)c2ccc(Cl)cc2)c2ccccc21. The van der Waals surface area contributed by atoms with Gasteiger partial charge in [0, 0.05) is 21.8 Å². The Hall–Kier alpha value is -1.80. The number of nitrogens with zero attached hydrogens (tertiary/aromatic N) is 1. The number of carbonyl (C=O) groups is 1. The number of carbonyl (C=O) groups excluding carboxylic acids is 1. The van der Waals surface area contributed by atoms with Crippen LogP contribution >= 0.6 is 11.6 Å². The standard InChI is InChI=1S/C19H20ClNO/c1-13-12-19(2,3)21(17-7-5-4-6-16(13)17)18(22)14-8-10-15(20)11-9-14/h4-11,13H,12H2,1-3H3. The second-order valence-electron chi connectivity index (χ2n) is 6.62. The largest absolute Gasteiger partial charge is 0.303 e. The Morgan fingerprint density at radius 3 is 2.45 bits per heavy atom. The molecule has 0 fully saturated rings. The monoisotopic (exact) mass is 313 g/mol. The molecule has 3 rings (SSSR count). The van der Waals surface area contributed by atoms with Crippen molar-refractivity contribution < 1.29 is 4.79 Å². The van der Waals surface area contributed by atoms with Crippen molar-refractivity contribution in [1.82, 2.24) is 0 Å². The lowest BCUT2D eigenvalue weighted by Gasteiger charge is -2.46. The van der Waals surface area contributed by atoms with Crippen LogP contribution in [0.3, 0.4) is 0 Å². The van der Waals surface area contributed by atoms with E-state index >= 15 is 0 Å². The number of para-hydroxylation sites is 1. The van der Waals surface area contributed by atoms with Crippen LogP contribution in [0.4, 0.5) is 5.69 Å². The molecule has 3 heteroatoms. The number of halogens is 1. The van der Waals surface area contributed by atoms with Crippen molar-refractivity contribution in [3.05, 3.63) is 64.7 Å².